The van der Waals surface area contributed by atoms with Crippen molar-refractivity contribution in [1.82, 2.24) is 0 Å². The highest BCUT2D eigenvalue weighted by Crippen LogP contribution is 2.04. The van der Waals surface area contributed by atoms with Crippen molar-refractivity contribution in [2.45, 2.75) is 58.5 Å². The van der Waals surface area contributed by atoms with Crippen molar-refractivity contribution in [2.75, 3.05) is 6.61 Å². The molecule has 3 nitrogen and oxygen atoms in total. The Morgan fingerprint density at radius 2 is 1.86 bits per heavy atom. The number of hydrogen-bond acceptors (Lipinski definition) is 2. The normalized spacial score (nSPS) is 18.3. The fraction of sp³-hybridized carbons (Fsp3) is 0.909. The maximum atomic E-state index is 10.0. The first kappa shape index (κ1) is 13.4. The summed E-state index contributed by atoms with van der Waals surface area (Å²) in [5, 5.41) is 8.27. The van der Waals surface area contributed by atoms with Gasteiger partial charge in [-0.05, 0) is 13.3 Å². The van der Waals surface area contributed by atoms with Crippen LogP contribution < -0.4 is 0 Å². The van der Waals surface area contributed by atoms with Crippen LogP contribution in [-0.4, -0.2) is 23.8 Å². The molecule has 0 aliphatic carbocycles. The smallest absolute Gasteiger partial charge is 0.303 e. The molecule has 1 N–H and O–H groups in total. The molecule has 1 heterocycles. The van der Waals surface area contributed by atoms with E-state index in [1.165, 1.54) is 19.3 Å². The molecule has 1 fully saturated rings. The summed E-state index contributed by atoms with van der Waals surface area (Å²) in [5.41, 5.74) is 0. The van der Waals surface area contributed by atoms with E-state index < -0.39 is 5.97 Å². The SMILES string of the molecule is CC1CO1.CCCCCCCC(=O)O. The van der Waals surface area contributed by atoms with Crippen molar-refractivity contribution >= 4 is 5.97 Å². The Bertz CT molecular complexity index is 141. The molecular weight excluding hydrogens is 180 g/mol. The zero-order valence-electron chi connectivity index (χ0n) is 9.29. The fourth-order valence-corrected chi connectivity index (χ4v) is 0.976. The van der Waals surface area contributed by atoms with Gasteiger partial charge in [-0.15, -0.1) is 0 Å². The summed E-state index contributed by atoms with van der Waals surface area (Å²) in [6, 6.07) is 0. The first-order valence-corrected chi connectivity index (χ1v) is 5.50. The highest BCUT2D eigenvalue weighted by Gasteiger charge is 2.13. The number of carboxylic acid groups (broad SMARTS) is 1. The lowest BCUT2D eigenvalue weighted by atomic mass is 10.1. The summed E-state index contributed by atoms with van der Waals surface area (Å²) in [6.45, 7) is 5.19. The predicted molar refractivity (Wildman–Crippen MR) is 56.4 cm³/mol. The molecule has 0 radical (unpaired) electrons. The van der Waals surface area contributed by atoms with E-state index in [1.807, 2.05) is 0 Å². The first-order chi connectivity index (χ1) is 6.66. The minimum absolute atomic E-state index is 0.337. The highest BCUT2D eigenvalue weighted by molar-refractivity contribution is 5.66. The standard InChI is InChI=1S/C8H16O2.C3H6O/c1-2-3-4-5-6-7-8(9)10;1-3-2-4-3/h2-7H2,1H3,(H,9,10);3H,2H2,1H3. The fourth-order valence-electron chi connectivity index (χ4n) is 0.976. The zero-order valence-corrected chi connectivity index (χ0v) is 9.29. The summed E-state index contributed by atoms with van der Waals surface area (Å²) < 4.78 is 4.71. The largest absolute Gasteiger partial charge is 0.481 e. The number of rotatable bonds is 6. The Balaban J connectivity index is 0.000000344. The average Bonchev–Trinajstić information content (AvgIpc) is 2.88. The van der Waals surface area contributed by atoms with Gasteiger partial charge < -0.3 is 9.84 Å². The van der Waals surface area contributed by atoms with Gasteiger partial charge in [0.05, 0.1) is 12.7 Å². The van der Waals surface area contributed by atoms with E-state index in [4.69, 9.17) is 9.84 Å². The van der Waals surface area contributed by atoms with Crippen molar-refractivity contribution < 1.29 is 14.6 Å². The Hall–Kier alpha value is -0.570. The number of unbranched alkanes of at least 4 members (excludes halogenated alkanes) is 4. The lowest BCUT2D eigenvalue weighted by Gasteiger charge is -1.95. The monoisotopic (exact) mass is 202 g/mol. The van der Waals surface area contributed by atoms with Crippen LogP contribution in [0.3, 0.4) is 0 Å². The van der Waals surface area contributed by atoms with Crippen LogP contribution in [0.5, 0.6) is 0 Å². The molecule has 1 aliphatic heterocycles. The van der Waals surface area contributed by atoms with Crippen LogP contribution >= 0.6 is 0 Å². The molecule has 1 rings (SSSR count). The maximum Gasteiger partial charge on any atom is 0.303 e. The molecule has 0 aromatic rings. The van der Waals surface area contributed by atoms with Crippen LogP contribution in [0.15, 0.2) is 0 Å². The molecule has 0 amide bonds. The molecule has 0 aromatic heterocycles. The van der Waals surface area contributed by atoms with Crippen LogP contribution in [0.2, 0.25) is 0 Å². The molecule has 0 aromatic carbocycles. The quantitative estimate of drug-likeness (QED) is 0.532. The first-order valence-electron chi connectivity index (χ1n) is 5.50. The molecule has 3 heteroatoms. The number of hydrogen-bond donors (Lipinski definition) is 1. The zero-order chi connectivity index (χ0) is 10.8. The van der Waals surface area contributed by atoms with Gasteiger partial charge in [0.2, 0.25) is 0 Å². The Morgan fingerprint density at radius 1 is 1.36 bits per heavy atom. The summed E-state index contributed by atoms with van der Waals surface area (Å²) in [6.07, 6.45) is 6.47. The van der Waals surface area contributed by atoms with Gasteiger partial charge in [0, 0.05) is 6.42 Å². The third-order valence-electron chi connectivity index (χ3n) is 1.99. The molecule has 1 saturated heterocycles. The molecule has 84 valence electrons. The van der Waals surface area contributed by atoms with E-state index in [1.54, 1.807) is 0 Å². The van der Waals surface area contributed by atoms with Crippen LogP contribution in [0, 0.1) is 0 Å². The Kier molecular flexibility index (Phi) is 8.64. The van der Waals surface area contributed by atoms with E-state index in [0.29, 0.717) is 12.5 Å². The van der Waals surface area contributed by atoms with Gasteiger partial charge in [0.25, 0.3) is 0 Å². The van der Waals surface area contributed by atoms with Gasteiger partial charge in [-0.2, -0.15) is 0 Å². The minimum Gasteiger partial charge on any atom is -0.481 e. The van der Waals surface area contributed by atoms with E-state index in [9.17, 15) is 4.79 Å². The highest BCUT2D eigenvalue weighted by atomic mass is 16.6. The number of aliphatic carboxylic acids is 1. The lowest BCUT2D eigenvalue weighted by molar-refractivity contribution is -0.137. The van der Waals surface area contributed by atoms with Crippen LogP contribution in [-0.2, 0) is 9.53 Å². The Labute approximate surface area is 86.5 Å². The van der Waals surface area contributed by atoms with Crippen LogP contribution in [0.25, 0.3) is 0 Å². The van der Waals surface area contributed by atoms with Crippen molar-refractivity contribution in [3.8, 4) is 0 Å². The molecule has 0 saturated carbocycles. The van der Waals surface area contributed by atoms with E-state index in [0.717, 1.165) is 19.4 Å². The van der Waals surface area contributed by atoms with Crippen molar-refractivity contribution in [3.63, 3.8) is 0 Å². The molecule has 0 spiro atoms. The van der Waals surface area contributed by atoms with Gasteiger partial charge in [0.1, 0.15) is 0 Å². The number of ether oxygens (including phenoxy) is 1. The molecule has 14 heavy (non-hydrogen) atoms. The van der Waals surface area contributed by atoms with Crippen LogP contribution in [0.4, 0.5) is 0 Å². The number of epoxide rings is 1. The van der Waals surface area contributed by atoms with Gasteiger partial charge >= 0.3 is 5.97 Å². The third-order valence-corrected chi connectivity index (χ3v) is 1.99. The second-order valence-electron chi connectivity index (χ2n) is 3.70. The minimum atomic E-state index is -0.670. The van der Waals surface area contributed by atoms with Gasteiger partial charge in [0.15, 0.2) is 0 Å². The van der Waals surface area contributed by atoms with E-state index in [2.05, 4.69) is 13.8 Å². The van der Waals surface area contributed by atoms with E-state index >= 15 is 0 Å². The van der Waals surface area contributed by atoms with Crippen LogP contribution in [0.1, 0.15) is 52.4 Å². The maximum absolute atomic E-state index is 10.0. The van der Waals surface area contributed by atoms with Crippen molar-refractivity contribution in [1.29, 1.82) is 0 Å². The predicted octanol–water partition coefficient (Wildman–Crippen LogP) is 2.84. The van der Waals surface area contributed by atoms with Gasteiger partial charge in [-0.1, -0.05) is 32.6 Å². The third kappa shape index (κ3) is 14.0. The topological polar surface area (TPSA) is 49.8 Å². The second kappa shape index (κ2) is 9.00. The van der Waals surface area contributed by atoms with Gasteiger partial charge in [-0.3, -0.25) is 4.79 Å². The van der Waals surface area contributed by atoms with Crippen molar-refractivity contribution in [2.24, 2.45) is 0 Å². The van der Waals surface area contributed by atoms with Gasteiger partial charge in [-0.25, -0.2) is 0 Å². The van der Waals surface area contributed by atoms with E-state index in [-0.39, 0.29) is 0 Å². The Morgan fingerprint density at radius 3 is 2.21 bits per heavy atom. The average molecular weight is 202 g/mol. The summed E-state index contributed by atoms with van der Waals surface area (Å²) in [7, 11) is 0. The molecule has 1 atom stereocenters. The second-order valence-corrected chi connectivity index (χ2v) is 3.70. The molecule has 1 unspecified atom stereocenters. The summed E-state index contributed by atoms with van der Waals surface area (Å²) in [4.78, 5) is 10.0. The number of carbonyl (C=O) groups is 1. The number of carboxylic acids is 1. The summed E-state index contributed by atoms with van der Waals surface area (Å²) >= 11 is 0. The summed E-state index contributed by atoms with van der Waals surface area (Å²) in [5.74, 6) is -0.670. The van der Waals surface area contributed by atoms with Crippen molar-refractivity contribution in [3.05, 3.63) is 0 Å². The molecular formula is C11H22O3. The molecule has 1 aliphatic rings. The molecule has 0 bridgehead atoms. The lowest BCUT2D eigenvalue weighted by Crippen LogP contribution is -1.93.